The number of thiophene rings is 1. The first-order valence-electron chi connectivity index (χ1n) is 7.99. The van der Waals surface area contributed by atoms with Crippen LogP contribution in [0, 0.1) is 13.8 Å². The van der Waals surface area contributed by atoms with Gasteiger partial charge >= 0.3 is 0 Å². The number of anilines is 1. The van der Waals surface area contributed by atoms with Gasteiger partial charge in [0.2, 0.25) is 0 Å². The minimum absolute atomic E-state index is 0.0474. The van der Waals surface area contributed by atoms with Crippen LogP contribution in [-0.2, 0) is 11.3 Å². The smallest absolute Gasteiger partial charge is 0.141 e. The van der Waals surface area contributed by atoms with E-state index in [4.69, 9.17) is 9.72 Å². The van der Waals surface area contributed by atoms with Gasteiger partial charge in [0.05, 0.1) is 17.6 Å². The second kappa shape index (κ2) is 7.13. The maximum Gasteiger partial charge on any atom is 0.141 e. The maximum absolute atomic E-state index is 5.62. The molecule has 0 aliphatic heterocycles. The van der Waals surface area contributed by atoms with Crippen LogP contribution in [0.5, 0.6) is 0 Å². The number of thiazole rings is 1. The molecule has 0 saturated heterocycles. The van der Waals surface area contributed by atoms with Gasteiger partial charge in [0.15, 0.2) is 0 Å². The van der Waals surface area contributed by atoms with Crippen molar-refractivity contribution in [3.05, 3.63) is 32.8 Å². The fourth-order valence-electron chi connectivity index (χ4n) is 2.66. The SMILES string of the molecule is CCOC(C)c1nc(CN(C)c2nc(C)nc3scc(C)c23)cs1. The van der Waals surface area contributed by atoms with E-state index >= 15 is 0 Å². The fourth-order valence-corrected chi connectivity index (χ4v) is 4.44. The largest absolute Gasteiger partial charge is 0.372 e. The highest BCUT2D eigenvalue weighted by atomic mass is 32.1. The normalized spacial score (nSPS) is 12.7. The minimum atomic E-state index is 0.0474. The van der Waals surface area contributed by atoms with Gasteiger partial charge in [-0.25, -0.2) is 15.0 Å². The first-order valence-corrected chi connectivity index (χ1v) is 9.75. The molecule has 5 nitrogen and oxygen atoms in total. The first-order chi connectivity index (χ1) is 11.5. The summed E-state index contributed by atoms with van der Waals surface area (Å²) < 4.78 is 5.62. The lowest BCUT2D eigenvalue weighted by Gasteiger charge is -2.18. The standard InChI is InChI=1S/C17H22N4OS2/c1-6-22-11(3)16-20-13(9-24-16)7-21(5)15-14-10(2)8-23-17(14)19-12(4)18-15/h8-9,11H,6-7H2,1-5H3. The molecule has 128 valence electrons. The number of aromatic nitrogens is 3. The summed E-state index contributed by atoms with van der Waals surface area (Å²) in [5.74, 6) is 1.78. The van der Waals surface area contributed by atoms with E-state index < -0.39 is 0 Å². The number of aryl methyl sites for hydroxylation is 2. The first kappa shape index (κ1) is 17.3. The van der Waals surface area contributed by atoms with Crippen LogP contribution in [0.4, 0.5) is 5.82 Å². The van der Waals surface area contributed by atoms with Crippen molar-refractivity contribution in [3.8, 4) is 0 Å². The number of ether oxygens (including phenoxy) is 1. The van der Waals surface area contributed by atoms with E-state index in [1.165, 1.54) is 5.56 Å². The molecular weight excluding hydrogens is 340 g/mol. The highest BCUT2D eigenvalue weighted by molar-refractivity contribution is 7.17. The van der Waals surface area contributed by atoms with Crippen LogP contribution in [0.1, 0.15) is 42.0 Å². The molecule has 1 unspecified atom stereocenters. The second-order valence-electron chi connectivity index (χ2n) is 5.82. The molecule has 3 aromatic heterocycles. The van der Waals surface area contributed by atoms with Crippen LogP contribution >= 0.6 is 22.7 Å². The summed E-state index contributed by atoms with van der Waals surface area (Å²) in [5.41, 5.74) is 2.27. The zero-order chi connectivity index (χ0) is 17.3. The second-order valence-corrected chi connectivity index (χ2v) is 7.57. The number of hydrogen-bond acceptors (Lipinski definition) is 7. The van der Waals surface area contributed by atoms with E-state index in [-0.39, 0.29) is 6.10 Å². The molecule has 0 N–H and O–H groups in total. The Kier molecular flexibility index (Phi) is 5.12. The average Bonchev–Trinajstić information content (AvgIpc) is 3.14. The molecule has 3 rings (SSSR count). The van der Waals surface area contributed by atoms with Gasteiger partial charge < -0.3 is 9.64 Å². The predicted octanol–water partition coefficient (Wildman–Crippen LogP) is 4.50. The summed E-state index contributed by atoms with van der Waals surface area (Å²) >= 11 is 3.32. The summed E-state index contributed by atoms with van der Waals surface area (Å²) in [5, 5.41) is 6.41. The Hall–Kier alpha value is -1.57. The maximum atomic E-state index is 5.62. The third kappa shape index (κ3) is 3.43. The summed E-state index contributed by atoms with van der Waals surface area (Å²) in [4.78, 5) is 17.1. The highest BCUT2D eigenvalue weighted by Crippen LogP contribution is 2.32. The molecule has 1 atom stereocenters. The molecule has 3 aromatic rings. The van der Waals surface area contributed by atoms with Crippen LogP contribution in [0.25, 0.3) is 10.2 Å². The van der Waals surface area contributed by atoms with E-state index in [0.29, 0.717) is 6.61 Å². The summed E-state index contributed by atoms with van der Waals surface area (Å²) in [6.45, 7) is 9.52. The van der Waals surface area contributed by atoms with Gasteiger partial charge in [0, 0.05) is 19.0 Å². The van der Waals surface area contributed by atoms with Crippen molar-refractivity contribution < 1.29 is 4.74 Å². The van der Waals surface area contributed by atoms with Crippen molar-refractivity contribution >= 4 is 38.7 Å². The van der Waals surface area contributed by atoms with Crippen molar-refractivity contribution in [1.82, 2.24) is 15.0 Å². The van der Waals surface area contributed by atoms with Gasteiger partial charge in [-0.15, -0.1) is 22.7 Å². The van der Waals surface area contributed by atoms with E-state index in [1.54, 1.807) is 22.7 Å². The van der Waals surface area contributed by atoms with Gasteiger partial charge in [-0.2, -0.15) is 0 Å². The summed E-state index contributed by atoms with van der Waals surface area (Å²) in [7, 11) is 2.06. The van der Waals surface area contributed by atoms with Crippen LogP contribution < -0.4 is 4.90 Å². The lowest BCUT2D eigenvalue weighted by Crippen LogP contribution is -2.19. The quantitative estimate of drug-likeness (QED) is 0.646. The molecule has 0 aliphatic rings. The number of hydrogen-bond donors (Lipinski definition) is 0. The Morgan fingerprint density at radius 3 is 2.71 bits per heavy atom. The molecule has 24 heavy (non-hydrogen) atoms. The van der Waals surface area contributed by atoms with Crippen molar-refractivity contribution in [3.63, 3.8) is 0 Å². The monoisotopic (exact) mass is 362 g/mol. The zero-order valence-electron chi connectivity index (χ0n) is 14.7. The van der Waals surface area contributed by atoms with Gasteiger partial charge in [-0.3, -0.25) is 0 Å². The fraction of sp³-hybridized carbons (Fsp3) is 0.471. The van der Waals surface area contributed by atoms with Crippen LogP contribution in [0.3, 0.4) is 0 Å². The number of fused-ring (bicyclic) bond motifs is 1. The predicted molar refractivity (Wildman–Crippen MR) is 101 cm³/mol. The third-order valence-corrected chi connectivity index (χ3v) is 5.85. The van der Waals surface area contributed by atoms with Crippen molar-refractivity contribution in [2.45, 2.75) is 40.3 Å². The molecule has 0 bridgehead atoms. The molecule has 3 heterocycles. The Morgan fingerprint density at radius 1 is 1.17 bits per heavy atom. The van der Waals surface area contributed by atoms with Crippen LogP contribution in [0.15, 0.2) is 10.8 Å². The van der Waals surface area contributed by atoms with E-state index in [9.17, 15) is 0 Å². The van der Waals surface area contributed by atoms with Crippen LogP contribution in [-0.4, -0.2) is 28.6 Å². The van der Waals surface area contributed by atoms with Gasteiger partial charge in [-0.05, 0) is 38.6 Å². The van der Waals surface area contributed by atoms with Gasteiger partial charge in [-0.1, -0.05) is 0 Å². The molecule has 0 spiro atoms. The summed E-state index contributed by atoms with van der Waals surface area (Å²) in [6, 6.07) is 0. The Balaban J connectivity index is 1.85. The molecule has 0 radical (unpaired) electrons. The molecule has 0 fully saturated rings. The van der Waals surface area contributed by atoms with E-state index in [1.807, 2.05) is 20.8 Å². The topological polar surface area (TPSA) is 51.1 Å². The zero-order valence-corrected chi connectivity index (χ0v) is 16.3. The Bertz CT molecular complexity index is 842. The van der Waals surface area contributed by atoms with Crippen molar-refractivity contribution in [1.29, 1.82) is 0 Å². The van der Waals surface area contributed by atoms with Crippen LogP contribution in [0.2, 0.25) is 0 Å². The average molecular weight is 363 g/mol. The molecule has 7 heteroatoms. The molecular formula is C17H22N4OS2. The Morgan fingerprint density at radius 2 is 1.96 bits per heavy atom. The third-order valence-electron chi connectivity index (χ3n) is 3.80. The lowest BCUT2D eigenvalue weighted by atomic mass is 10.2. The lowest BCUT2D eigenvalue weighted by molar-refractivity contribution is 0.0761. The minimum Gasteiger partial charge on any atom is -0.372 e. The number of nitrogens with zero attached hydrogens (tertiary/aromatic N) is 4. The number of rotatable bonds is 6. The summed E-state index contributed by atoms with van der Waals surface area (Å²) in [6.07, 6.45) is 0.0474. The van der Waals surface area contributed by atoms with Crippen molar-refractivity contribution in [2.24, 2.45) is 0 Å². The molecule has 0 aromatic carbocycles. The Labute approximate surface area is 150 Å². The molecule has 0 aliphatic carbocycles. The van der Waals surface area contributed by atoms with Crippen molar-refractivity contribution in [2.75, 3.05) is 18.6 Å². The highest BCUT2D eigenvalue weighted by Gasteiger charge is 2.16. The van der Waals surface area contributed by atoms with Gasteiger partial charge in [0.25, 0.3) is 0 Å². The van der Waals surface area contributed by atoms with E-state index in [0.717, 1.165) is 39.1 Å². The molecule has 0 saturated carbocycles. The van der Waals surface area contributed by atoms with Gasteiger partial charge in [0.1, 0.15) is 27.6 Å². The van der Waals surface area contributed by atoms with E-state index in [2.05, 4.69) is 39.6 Å². The molecule has 0 amide bonds.